The van der Waals surface area contributed by atoms with E-state index in [0.717, 1.165) is 27.9 Å². The highest BCUT2D eigenvalue weighted by Gasteiger charge is 2.35. The van der Waals surface area contributed by atoms with Crippen molar-refractivity contribution < 1.29 is 4.79 Å². The molecule has 17 heavy (non-hydrogen) atoms. The maximum absolute atomic E-state index is 12.0. The minimum absolute atomic E-state index is 0.167. The lowest BCUT2D eigenvalue weighted by Gasteiger charge is -2.34. The Labute approximate surface area is 105 Å². The number of hydrogen-bond donors (Lipinski definition) is 0. The van der Waals surface area contributed by atoms with Gasteiger partial charge in [-0.15, -0.1) is 5.73 Å². The summed E-state index contributed by atoms with van der Waals surface area (Å²) in [6.07, 6.45) is 2.09. The average Bonchev–Trinajstić information content (AvgIpc) is 2.29. The van der Waals surface area contributed by atoms with Gasteiger partial charge in [-0.2, -0.15) is 0 Å². The number of allylic oxidation sites excluding steroid dienone is 5. The van der Waals surface area contributed by atoms with Crippen LogP contribution in [0.4, 0.5) is 0 Å². The zero-order valence-corrected chi connectivity index (χ0v) is 12.0. The topological polar surface area (TPSA) is 17.1 Å². The lowest BCUT2D eigenvalue weighted by Crippen LogP contribution is -2.27. The summed E-state index contributed by atoms with van der Waals surface area (Å²) >= 11 is 0. The predicted molar refractivity (Wildman–Crippen MR) is 72.8 cm³/mol. The Balaban J connectivity index is 3.51. The summed E-state index contributed by atoms with van der Waals surface area (Å²) in [7, 11) is 0. The maximum Gasteiger partial charge on any atom is 0.184 e. The first-order chi connectivity index (χ1) is 7.71. The van der Waals surface area contributed by atoms with E-state index in [2.05, 4.69) is 18.7 Å². The van der Waals surface area contributed by atoms with Gasteiger partial charge in [0, 0.05) is 5.41 Å². The van der Waals surface area contributed by atoms with Crippen LogP contribution in [0.2, 0.25) is 0 Å². The lowest BCUT2D eigenvalue weighted by atomic mass is 9.68. The summed E-state index contributed by atoms with van der Waals surface area (Å²) in [5.41, 5.74) is 8.30. The second-order valence-corrected chi connectivity index (χ2v) is 5.32. The van der Waals surface area contributed by atoms with E-state index in [1.54, 1.807) is 0 Å². The van der Waals surface area contributed by atoms with E-state index < -0.39 is 0 Å². The summed E-state index contributed by atoms with van der Waals surface area (Å²) in [6, 6.07) is 0. The molecule has 0 aromatic carbocycles. The fraction of sp³-hybridized carbons (Fsp3) is 0.500. The summed E-state index contributed by atoms with van der Waals surface area (Å²) in [5.74, 6) is 0.183. The first kappa shape index (κ1) is 13.7. The fourth-order valence-corrected chi connectivity index (χ4v) is 2.19. The van der Waals surface area contributed by atoms with Crippen LogP contribution in [-0.4, -0.2) is 5.78 Å². The number of carbonyl (C=O) groups is 1. The van der Waals surface area contributed by atoms with Crippen molar-refractivity contribution in [3.05, 3.63) is 39.7 Å². The molecule has 0 bridgehead atoms. The van der Waals surface area contributed by atoms with Crippen LogP contribution in [0.3, 0.4) is 0 Å². The van der Waals surface area contributed by atoms with Crippen molar-refractivity contribution in [1.82, 2.24) is 0 Å². The summed E-state index contributed by atoms with van der Waals surface area (Å²) in [5, 5.41) is 0. The van der Waals surface area contributed by atoms with E-state index in [9.17, 15) is 4.79 Å². The van der Waals surface area contributed by atoms with Crippen molar-refractivity contribution in [1.29, 1.82) is 0 Å². The van der Waals surface area contributed by atoms with E-state index in [-0.39, 0.29) is 11.2 Å². The second kappa shape index (κ2) is 4.50. The standard InChI is InChI=1S/C16H22O/c1-10(2)8-9-16(7)13(5)11(3)15(17)12(4)14(16)6/h9H,1-7H3. The van der Waals surface area contributed by atoms with Crippen LogP contribution in [0.15, 0.2) is 39.7 Å². The molecule has 1 heteroatoms. The molecule has 0 radical (unpaired) electrons. The molecule has 0 aromatic rings. The van der Waals surface area contributed by atoms with Crippen molar-refractivity contribution in [2.45, 2.75) is 48.5 Å². The van der Waals surface area contributed by atoms with E-state index >= 15 is 0 Å². The Bertz CT molecular complexity index is 460. The van der Waals surface area contributed by atoms with Crippen molar-refractivity contribution in [3.8, 4) is 0 Å². The zero-order chi connectivity index (χ0) is 13.4. The lowest BCUT2D eigenvalue weighted by molar-refractivity contribution is -0.112. The van der Waals surface area contributed by atoms with Gasteiger partial charge in [-0.25, -0.2) is 0 Å². The normalized spacial score (nSPS) is 19.4. The van der Waals surface area contributed by atoms with Crippen LogP contribution >= 0.6 is 0 Å². The largest absolute Gasteiger partial charge is 0.289 e. The highest BCUT2D eigenvalue weighted by Crippen LogP contribution is 2.43. The van der Waals surface area contributed by atoms with Gasteiger partial charge in [-0.1, -0.05) is 11.1 Å². The van der Waals surface area contributed by atoms with Crippen LogP contribution in [-0.2, 0) is 4.79 Å². The summed E-state index contributed by atoms with van der Waals surface area (Å²) in [6.45, 7) is 14.2. The highest BCUT2D eigenvalue weighted by molar-refractivity contribution is 6.10. The van der Waals surface area contributed by atoms with E-state index in [0.29, 0.717) is 0 Å². The van der Waals surface area contributed by atoms with Crippen LogP contribution in [0, 0.1) is 5.41 Å². The molecule has 0 heterocycles. The Morgan fingerprint density at radius 1 is 1.06 bits per heavy atom. The molecule has 0 N–H and O–H groups in total. The minimum Gasteiger partial charge on any atom is -0.289 e. The molecule has 0 fully saturated rings. The van der Waals surface area contributed by atoms with Gasteiger partial charge < -0.3 is 0 Å². The first-order valence-corrected chi connectivity index (χ1v) is 6.03. The Morgan fingerprint density at radius 3 is 1.82 bits per heavy atom. The van der Waals surface area contributed by atoms with Crippen molar-refractivity contribution in [3.63, 3.8) is 0 Å². The Hall–Kier alpha value is -1.33. The van der Waals surface area contributed by atoms with Crippen molar-refractivity contribution in [2.24, 2.45) is 5.41 Å². The Kier molecular flexibility index (Phi) is 3.64. The van der Waals surface area contributed by atoms with E-state index in [1.165, 1.54) is 0 Å². The third kappa shape index (κ3) is 2.21. The smallest absolute Gasteiger partial charge is 0.184 e. The van der Waals surface area contributed by atoms with Crippen LogP contribution in [0.25, 0.3) is 0 Å². The second-order valence-electron chi connectivity index (χ2n) is 5.32. The fourth-order valence-electron chi connectivity index (χ4n) is 2.19. The average molecular weight is 230 g/mol. The molecule has 1 aliphatic rings. The summed E-state index contributed by atoms with van der Waals surface area (Å²) in [4.78, 5) is 12.0. The molecular formula is C16H22O. The molecule has 0 aromatic heterocycles. The zero-order valence-electron chi connectivity index (χ0n) is 12.0. The molecule has 0 amide bonds. The van der Waals surface area contributed by atoms with Gasteiger partial charge in [-0.3, -0.25) is 4.79 Å². The maximum atomic E-state index is 12.0. The third-order valence-electron chi connectivity index (χ3n) is 4.01. The van der Waals surface area contributed by atoms with E-state index in [4.69, 9.17) is 0 Å². The van der Waals surface area contributed by atoms with Gasteiger partial charge in [0.1, 0.15) is 0 Å². The van der Waals surface area contributed by atoms with Gasteiger partial charge in [0.2, 0.25) is 0 Å². The molecule has 0 unspecified atom stereocenters. The molecule has 0 saturated carbocycles. The molecule has 1 nitrogen and oxygen atoms in total. The van der Waals surface area contributed by atoms with Gasteiger partial charge in [-0.05, 0) is 71.3 Å². The van der Waals surface area contributed by atoms with Gasteiger partial charge in [0.15, 0.2) is 5.78 Å². The number of ketones is 1. The van der Waals surface area contributed by atoms with Crippen LogP contribution < -0.4 is 0 Å². The van der Waals surface area contributed by atoms with Gasteiger partial charge >= 0.3 is 0 Å². The molecule has 92 valence electrons. The number of hydrogen-bond acceptors (Lipinski definition) is 1. The molecule has 1 aliphatic carbocycles. The highest BCUT2D eigenvalue weighted by atomic mass is 16.1. The van der Waals surface area contributed by atoms with Crippen molar-refractivity contribution >= 4 is 5.78 Å². The molecule has 0 atom stereocenters. The minimum atomic E-state index is -0.167. The molecule has 0 aliphatic heterocycles. The number of carbonyl (C=O) groups excluding carboxylic acids is 1. The van der Waals surface area contributed by atoms with E-state index in [1.807, 2.05) is 41.5 Å². The summed E-state index contributed by atoms with van der Waals surface area (Å²) < 4.78 is 0. The van der Waals surface area contributed by atoms with Gasteiger partial charge in [0.25, 0.3) is 0 Å². The SMILES string of the molecule is CC(C)=C=CC1(C)C(C)=C(C)C(=O)C(C)=C1C. The molecular weight excluding hydrogens is 208 g/mol. The third-order valence-corrected chi connectivity index (χ3v) is 4.01. The predicted octanol–water partition coefficient (Wildman–Crippen LogP) is 4.37. The first-order valence-electron chi connectivity index (χ1n) is 6.03. The monoisotopic (exact) mass is 230 g/mol. The molecule has 1 rings (SSSR count). The number of rotatable bonds is 1. The van der Waals surface area contributed by atoms with Crippen LogP contribution in [0.5, 0.6) is 0 Å². The molecule has 0 saturated heterocycles. The van der Waals surface area contributed by atoms with Gasteiger partial charge in [0.05, 0.1) is 0 Å². The quantitative estimate of drug-likeness (QED) is 0.611. The van der Waals surface area contributed by atoms with Crippen molar-refractivity contribution in [2.75, 3.05) is 0 Å². The van der Waals surface area contributed by atoms with Crippen LogP contribution in [0.1, 0.15) is 48.5 Å². The Morgan fingerprint density at radius 2 is 1.47 bits per heavy atom. The molecule has 0 spiro atoms. The number of Topliss-reactive ketones (excluding diaryl/α,β-unsaturated/α-hetero) is 1.